The van der Waals surface area contributed by atoms with Crippen LogP contribution in [-0.4, -0.2) is 47.0 Å². The van der Waals surface area contributed by atoms with E-state index in [0.29, 0.717) is 23.9 Å². The first-order valence-electron chi connectivity index (χ1n) is 12.6. The molecular formula is C27H30F4N8O. The molecule has 3 aromatic rings. The Hall–Kier alpha value is -4.23. The molecule has 0 atom stereocenters. The summed E-state index contributed by atoms with van der Waals surface area (Å²) in [6, 6.07) is 6.39. The van der Waals surface area contributed by atoms with Gasteiger partial charge in [0.25, 0.3) is 5.91 Å². The Bertz CT molecular complexity index is 1370. The van der Waals surface area contributed by atoms with Crippen molar-refractivity contribution < 1.29 is 22.4 Å². The van der Waals surface area contributed by atoms with Gasteiger partial charge in [0.1, 0.15) is 6.33 Å². The number of rotatable bonds is 9. The molecule has 6 N–H and O–H groups in total. The number of nitrogens with zero attached hydrogens (tertiary/aromatic N) is 4. The molecule has 40 heavy (non-hydrogen) atoms. The van der Waals surface area contributed by atoms with E-state index in [1.807, 2.05) is 0 Å². The number of aryl methyl sites for hydroxylation is 1. The van der Waals surface area contributed by atoms with Gasteiger partial charge in [-0.15, -0.1) is 0 Å². The van der Waals surface area contributed by atoms with Crippen LogP contribution >= 0.6 is 0 Å². The Labute approximate surface area is 228 Å². The summed E-state index contributed by atoms with van der Waals surface area (Å²) in [6.07, 6.45) is 2.96. The van der Waals surface area contributed by atoms with E-state index < -0.39 is 23.5 Å². The summed E-state index contributed by atoms with van der Waals surface area (Å²) in [7, 11) is 0. The number of carbonyl (C=O) groups is 1. The first kappa shape index (κ1) is 28.8. The Morgan fingerprint density at radius 2 is 1.82 bits per heavy atom. The number of alkyl halides is 3. The van der Waals surface area contributed by atoms with Crippen molar-refractivity contribution in [3.05, 3.63) is 83.3 Å². The molecule has 0 saturated carbocycles. The molecule has 0 unspecified atom stereocenters. The molecule has 0 bridgehead atoms. The van der Waals surface area contributed by atoms with E-state index in [9.17, 15) is 22.4 Å². The molecule has 1 aromatic heterocycles. The Kier molecular flexibility index (Phi) is 8.85. The van der Waals surface area contributed by atoms with E-state index in [1.165, 1.54) is 29.9 Å². The minimum absolute atomic E-state index is 0.235. The molecule has 9 nitrogen and oxygen atoms in total. The standard InChI is InChI=1S/C27H30F4N8O/c1-17-4-5-20(12-24(17)39(33)15-22(32)19-13-34-16-35-14-19)37-26(40)18-10-21(27(29,30)31)25(28)23(11-18)36-6-9-38-7-2-3-8-38/h4-5,10-16,36H,2-3,6-9,32-33H2,1H3,(H,37,40)/b22-15-. The van der Waals surface area contributed by atoms with Gasteiger partial charge in [-0.25, -0.2) is 20.2 Å². The largest absolute Gasteiger partial charge is 0.419 e. The van der Waals surface area contributed by atoms with Crippen LogP contribution in [0.1, 0.15) is 39.9 Å². The van der Waals surface area contributed by atoms with Gasteiger partial charge >= 0.3 is 6.18 Å². The lowest BCUT2D eigenvalue weighted by atomic mass is 10.1. The van der Waals surface area contributed by atoms with E-state index in [2.05, 4.69) is 25.5 Å². The Balaban J connectivity index is 1.55. The monoisotopic (exact) mass is 558 g/mol. The lowest BCUT2D eigenvalue weighted by molar-refractivity contribution is -0.139. The third kappa shape index (κ3) is 7.04. The van der Waals surface area contributed by atoms with Gasteiger partial charge in [0.2, 0.25) is 0 Å². The maximum atomic E-state index is 14.8. The second kappa shape index (κ2) is 12.3. The van der Waals surface area contributed by atoms with Crippen LogP contribution in [0.4, 0.5) is 34.6 Å². The molecule has 1 aliphatic heterocycles. The molecule has 13 heteroatoms. The van der Waals surface area contributed by atoms with Crippen molar-refractivity contribution in [3.63, 3.8) is 0 Å². The second-order valence-corrected chi connectivity index (χ2v) is 9.43. The maximum Gasteiger partial charge on any atom is 0.419 e. The van der Waals surface area contributed by atoms with Crippen molar-refractivity contribution in [2.45, 2.75) is 25.9 Å². The van der Waals surface area contributed by atoms with E-state index in [-0.39, 0.29) is 29.2 Å². The smallest absolute Gasteiger partial charge is 0.397 e. The highest BCUT2D eigenvalue weighted by molar-refractivity contribution is 6.05. The number of amides is 1. The summed E-state index contributed by atoms with van der Waals surface area (Å²) >= 11 is 0. The average molecular weight is 559 g/mol. The zero-order valence-corrected chi connectivity index (χ0v) is 21.8. The third-order valence-corrected chi connectivity index (χ3v) is 6.50. The molecule has 212 valence electrons. The Morgan fingerprint density at radius 1 is 1.12 bits per heavy atom. The summed E-state index contributed by atoms with van der Waals surface area (Å²) < 4.78 is 55.7. The molecular weight excluding hydrogens is 528 g/mol. The lowest BCUT2D eigenvalue weighted by Gasteiger charge is -2.20. The van der Waals surface area contributed by atoms with Gasteiger partial charge in [0.05, 0.1) is 22.6 Å². The predicted molar refractivity (Wildman–Crippen MR) is 146 cm³/mol. The number of likely N-dealkylation sites (tertiary alicyclic amines) is 1. The van der Waals surface area contributed by atoms with E-state index >= 15 is 0 Å². The molecule has 1 aliphatic rings. The average Bonchev–Trinajstić information content (AvgIpc) is 3.44. The maximum absolute atomic E-state index is 14.8. The quantitative estimate of drug-likeness (QED) is 0.174. The highest BCUT2D eigenvalue weighted by atomic mass is 19.4. The summed E-state index contributed by atoms with van der Waals surface area (Å²) in [4.78, 5) is 23.0. The number of hydrogen-bond acceptors (Lipinski definition) is 8. The van der Waals surface area contributed by atoms with Crippen LogP contribution in [0.3, 0.4) is 0 Å². The van der Waals surface area contributed by atoms with Crippen molar-refractivity contribution in [1.82, 2.24) is 14.9 Å². The number of aromatic nitrogens is 2. The number of carbonyl (C=O) groups excluding carboxylic acids is 1. The molecule has 1 fully saturated rings. The number of anilines is 3. The topological polar surface area (TPSA) is 125 Å². The number of halogens is 4. The van der Waals surface area contributed by atoms with E-state index in [4.69, 9.17) is 11.6 Å². The molecule has 1 amide bonds. The number of nitrogens with two attached hydrogens (primary N) is 2. The summed E-state index contributed by atoms with van der Waals surface area (Å²) in [5, 5.41) is 6.55. The fourth-order valence-corrected chi connectivity index (χ4v) is 4.36. The van der Waals surface area contributed by atoms with Crippen molar-refractivity contribution in [2.75, 3.05) is 41.8 Å². The SMILES string of the molecule is Cc1ccc(NC(=O)c2cc(NCCN3CCCC3)c(F)c(C(F)(F)F)c2)cc1N(N)/C=C(\N)c1cncnc1. The summed E-state index contributed by atoms with van der Waals surface area (Å²) in [5.74, 6) is 3.89. The molecule has 4 rings (SSSR count). The van der Waals surface area contributed by atoms with Crippen LogP contribution in [0.15, 0.2) is 55.3 Å². The fourth-order valence-electron chi connectivity index (χ4n) is 4.36. The third-order valence-electron chi connectivity index (χ3n) is 6.50. The summed E-state index contributed by atoms with van der Waals surface area (Å²) in [5.41, 5.74) is 6.12. The first-order valence-corrected chi connectivity index (χ1v) is 12.6. The van der Waals surface area contributed by atoms with E-state index in [0.717, 1.165) is 37.6 Å². The van der Waals surface area contributed by atoms with Gasteiger partial charge in [-0.3, -0.25) is 9.80 Å². The Morgan fingerprint density at radius 3 is 2.50 bits per heavy atom. The zero-order valence-electron chi connectivity index (χ0n) is 21.8. The van der Waals surface area contributed by atoms with Crippen LogP contribution in [0.5, 0.6) is 0 Å². The lowest BCUT2D eigenvalue weighted by Crippen LogP contribution is -2.27. The first-order chi connectivity index (χ1) is 19.0. The van der Waals surface area contributed by atoms with Crippen LogP contribution in [0, 0.1) is 12.7 Å². The van der Waals surface area contributed by atoms with Crippen molar-refractivity contribution in [2.24, 2.45) is 11.6 Å². The number of nitrogens with one attached hydrogen (secondary N) is 2. The van der Waals surface area contributed by atoms with Crippen molar-refractivity contribution in [1.29, 1.82) is 0 Å². The molecule has 1 saturated heterocycles. The minimum Gasteiger partial charge on any atom is -0.397 e. The molecule has 0 spiro atoms. The van der Waals surface area contributed by atoms with E-state index in [1.54, 1.807) is 25.1 Å². The van der Waals surface area contributed by atoms with Gasteiger partial charge in [-0.2, -0.15) is 13.2 Å². The normalized spacial score (nSPS) is 14.3. The van der Waals surface area contributed by atoms with Crippen LogP contribution in [0.2, 0.25) is 0 Å². The minimum atomic E-state index is -4.99. The summed E-state index contributed by atoms with van der Waals surface area (Å²) in [6.45, 7) is 4.35. The highest BCUT2D eigenvalue weighted by Gasteiger charge is 2.36. The number of benzene rings is 2. The van der Waals surface area contributed by atoms with Gasteiger partial charge < -0.3 is 21.3 Å². The highest BCUT2D eigenvalue weighted by Crippen LogP contribution is 2.35. The van der Waals surface area contributed by atoms with Gasteiger partial charge in [0.15, 0.2) is 5.82 Å². The van der Waals surface area contributed by atoms with Gasteiger partial charge in [0, 0.05) is 48.5 Å². The van der Waals surface area contributed by atoms with Crippen molar-refractivity contribution >= 4 is 28.7 Å². The zero-order chi connectivity index (χ0) is 28.9. The number of hydrazine groups is 1. The molecule has 2 aromatic carbocycles. The number of hydrogen-bond donors (Lipinski definition) is 4. The molecule has 0 aliphatic carbocycles. The van der Waals surface area contributed by atoms with Crippen LogP contribution < -0.4 is 27.2 Å². The second-order valence-electron chi connectivity index (χ2n) is 9.43. The van der Waals surface area contributed by atoms with Crippen LogP contribution in [-0.2, 0) is 6.18 Å². The van der Waals surface area contributed by atoms with Gasteiger partial charge in [-0.05, 0) is 62.7 Å². The van der Waals surface area contributed by atoms with Crippen molar-refractivity contribution in [3.8, 4) is 0 Å². The fraction of sp³-hybridized carbons (Fsp3) is 0.296. The molecule has 2 heterocycles. The van der Waals surface area contributed by atoms with Gasteiger partial charge in [-0.1, -0.05) is 6.07 Å². The predicted octanol–water partition coefficient (Wildman–Crippen LogP) is 4.34. The van der Waals surface area contributed by atoms with Crippen LogP contribution in [0.25, 0.3) is 5.70 Å². The molecule has 0 radical (unpaired) electrons.